The molecule has 4 heterocycles. The van der Waals surface area contributed by atoms with Gasteiger partial charge in [-0.1, -0.05) is 11.6 Å². The van der Waals surface area contributed by atoms with Crippen LogP contribution in [-0.4, -0.2) is 79.5 Å². The third-order valence-corrected chi connectivity index (χ3v) is 6.51. The fraction of sp³-hybridized carbons (Fsp3) is 0.304. The smallest absolute Gasteiger partial charge is 0.337 e. The Morgan fingerprint density at radius 1 is 1.16 bits per heavy atom. The van der Waals surface area contributed by atoms with Crippen LogP contribution in [0.2, 0.25) is 5.02 Å². The molecule has 0 unspecified atom stereocenters. The highest BCUT2D eigenvalue weighted by Gasteiger charge is 2.36. The van der Waals surface area contributed by atoms with Gasteiger partial charge < -0.3 is 16.0 Å². The zero-order valence-electron chi connectivity index (χ0n) is 19.5. The van der Waals surface area contributed by atoms with E-state index in [9.17, 15) is 18.0 Å². The number of aromatic nitrogens is 5. The molecule has 0 aliphatic carbocycles. The van der Waals surface area contributed by atoms with Crippen molar-refractivity contribution >= 4 is 34.7 Å². The number of anilines is 2. The number of amides is 1. The Hall–Kier alpha value is -3.68. The fourth-order valence-corrected chi connectivity index (χ4v) is 4.60. The van der Waals surface area contributed by atoms with Gasteiger partial charge in [-0.15, -0.1) is 0 Å². The number of hydrogen-bond donors (Lipinski definition) is 3. The van der Waals surface area contributed by atoms with Gasteiger partial charge in [-0.05, 0) is 18.2 Å². The Morgan fingerprint density at radius 2 is 1.95 bits per heavy atom. The van der Waals surface area contributed by atoms with Gasteiger partial charge in [0.25, 0.3) is 5.91 Å². The summed E-state index contributed by atoms with van der Waals surface area (Å²) in [5, 5.41) is 8.91. The zero-order valence-corrected chi connectivity index (χ0v) is 20.2. The van der Waals surface area contributed by atoms with Crippen molar-refractivity contribution in [3.8, 4) is 11.3 Å². The number of alkyl halides is 3. The molecular formula is C23H23ClF3N9O. The summed E-state index contributed by atoms with van der Waals surface area (Å²) >= 11 is 6.47. The van der Waals surface area contributed by atoms with Crippen molar-refractivity contribution in [1.82, 2.24) is 34.4 Å². The van der Waals surface area contributed by atoms with Crippen molar-refractivity contribution < 1.29 is 18.0 Å². The summed E-state index contributed by atoms with van der Waals surface area (Å²) in [7, 11) is 0. The first-order chi connectivity index (χ1) is 17.8. The number of nitrogens with zero attached hydrogens (tertiary/aromatic N) is 6. The van der Waals surface area contributed by atoms with Crippen LogP contribution in [0.25, 0.3) is 16.9 Å². The number of aromatic amines is 1. The summed E-state index contributed by atoms with van der Waals surface area (Å²) in [6.45, 7) is 4.07. The molecule has 0 bridgehead atoms. The zero-order chi connectivity index (χ0) is 26.2. The van der Waals surface area contributed by atoms with Crippen LogP contribution in [0, 0.1) is 0 Å². The van der Waals surface area contributed by atoms with Gasteiger partial charge in [0.2, 0.25) is 0 Å². The molecule has 14 heteroatoms. The number of benzene rings is 1. The van der Waals surface area contributed by atoms with Crippen LogP contribution in [0.3, 0.4) is 0 Å². The van der Waals surface area contributed by atoms with E-state index in [1.54, 1.807) is 23.1 Å². The number of carbonyl (C=O) groups is 1. The van der Waals surface area contributed by atoms with E-state index in [0.29, 0.717) is 42.4 Å². The first-order valence-corrected chi connectivity index (χ1v) is 11.9. The monoisotopic (exact) mass is 533 g/mol. The highest BCUT2D eigenvalue weighted by atomic mass is 35.5. The Balaban J connectivity index is 1.36. The fourth-order valence-electron chi connectivity index (χ4n) is 4.33. The van der Waals surface area contributed by atoms with Crippen LogP contribution in [-0.2, 0) is 6.18 Å². The summed E-state index contributed by atoms with van der Waals surface area (Å²) in [6.07, 6.45) is 0.783. The average molecular weight is 534 g/mol. The maximum Gasteiger partial charge on any atom is 0.433 e. The molecule has 0 spiro atoms. The lowest BCUT2D eigenvalue weighted by molar-refractivity contribution is -0.140. The minimum absolute atomic E-state index is 0.132. The molecule has 0 radical (unpaired) electrons. The van der Waals surface area contributed by atoms with E-state index in [-0.39, 0.29) is 22.2 Å². The van der Waals surface area contributed by atoms with E-state index < -0.39 is 11.9 Å². The number of carbonyl (C=O) groups excluding carboxylic acids is 1. The number of halogens is 4. The molecule has 0 saturated carbocycles. The topological polar surface area (TPSA) is 120 Å². The maximum absolute atomic E-state index is 13.4. The minimum atomic E-state index is -4.60. The van der Waals surface area contributed by atoms with Crippen molar-refractivity contribution in [2.75, 3.05) is 44.6 Å². The van der Waals surface area contributed by atoms with Crippen molar-refractivity contribution in [2.45, 2.75) is 6.18 Å². The molecule has 0 atom stereocenters. The molecule has 5 rings (SSSR count). The highest BCUT2D eigenvalue weighted by Crippen LogP contribution is 2.36. The molecule has 4 N–H and O–H groups in total. The van der Waals surface area contributed by atoms with Gasteiger partial charge in [0.15, 0.2) is 11.5 Å². The van der Waals surface area contributed by atoms with Crippen molar-refractivity contribution in [2.24, 2.45) is 5.73 Å². The van der Waals surface area contributed by atoms with E-state index in [1.807, 2.05) is 5.10 Å². The lowest BCUT2D eigenvalue weighted by Gasteiger charge is -2.34. The second-order valence-electron chi connectivity index (χ2n) is 8.51. The highest BCUT2D eigenvalue weighted by molar-refractivity contribution is 6.34. The number of fused-ring (bicyclic) bond motifs is 1. The van der Waals surface area contributed by atoms with Crippen molar-refractivity contribution in [3.05, 3.63) is 59.3 Å². The van der Waals surface area contributed by atoms with Gasteiger partial charge in [-0.2, -0.15) is 18.3 Å². The molecule has 1 fully saturated rings. The Labute approximate surface area is 214 Å². The molecule has 1 amide bonds. The van der Waals surface area contributed by atoms with Crippen LogP contribution in [0.1, 0.15) is 16.1 Å². The lowest BCUT2D eigenvalue weighted by atomic mass is 10.1. The number of rotatable bonds is 6. The van der Waals surface area contributed by atoms with Gasteiger partial charge in [0.1, 0.15) is 5.69 Å². The molecule has 10 nitrogen and oxygen atoms in total. The SMILES string of the molecule is NCCN1CCN(C(=O)c2ccc(Nc3nccn4c(-c5cn[nH]c5C(F)(F)F)cnc34)cc2Cl)CC1. The average Bonchev–Trinajstić information content (AvgIpc) is 3.52. The van der Waals surface area contributed by atoms with Crippen LogP contribution >= 0.6 is 11.6 Å². The number of nitrogens with two attached hydrogens (primary N) is 1. The number of hydrogen-bond acceptors (Lipinski definition) is 7. The Morgan fingerprint density at radius 3 is 2.65 bits per heavy atom. The van der Waals surface area contributed by atoms with Crippen LogP contribution in [0.5, 0.6) is 0 Å². The summed E-state index contributed by atoms with van der Waals surface area (Å²) < 4.78 is 41.6. The molecule has 194 valence electrons. The van der Waals surface area contributed by atoms with Gasteiger partial charge >= 0.3 is 6.18 Å². The normalized spacial score (nSPS) is 14.9. The predicted molar refractivity (Wildman–Crippen MR) is 132 cm³/mol. The number of nitrogens with one attached hydrogen (secondary N) is 2. The third kappa shape index (κ3) is 4.97. The molecule has 1 aromatic carbocycles. The molecule has 37 heavy (non-hydrogen) atoms. The van der Waals surface area contributed by atoms with E-state index >= 15 is 0 Å². The summed E-state index contributed by atoms with van der Waals surface area (Å²) in [5.41, 5.74) is 5.94. The van der Waals surface area contributed by atoms with E-state index in [1.165, 1.54) is 23.0 Å². The molecule has 1 aliphatic rings. The lowest BCUT2D eigenvalue weighted by Crippen LogP contribution is -2.49. The Kier molecular flexibility index (Phi) is 6.75. The molecule has 1 saturated heterocycles. The molecular weight excluding hydrogens is 511 g/mol. The van der Waals surface area contributed by atoms with Crippen molar-refractivity contribution in [1.29, 1.82) is 0 Å². The van der Waals surface area contributed by atoms with Crippen molar-refractivity contribution in [3.63, 3.8) is 0 Å². The van der Waals surface area contributed by atoms with E-state index in [4.69, 9.17) is 17.3 Å². The van der Waals surface area contributed by atoms with Gasteiger partial charge in [0, 0.05) is 57.3 Å². The number of piperazine rings is 1. The van der Waals surface area contributed by atoms with E-state index in [2.05, 4.69) is 25.3 Å². The van der Waals surface area contributed by atoms with Gasteiger partial charge in [-0.3, -0.25) is 19.2 Å². The molecule has 3 aromatic heterocycles. The summed E-state index contributed by atoms with van der Waals surface area (Å²) in [5.74, 6) is 0.152. The largest absolute Gasteiger partial charge is 0.433 e. The maximum atomic E-state index is 13.4. The number of imidazole rings is 1. The predicted octanol–water partition coefficient (Wildman–Crippen LogP) is 3.25. The van der Waals surface area contributed by atoms with Gasteiger partial charge in [0.05, 0.1) is 34.2 Å². The van der Waals surface area contributed by atoms with Crippen LogP contribution in [0.15, 0.2) is 43.0 Å². The molecule has 4 aromatic rings. The Bertz CT molecular complexity index is 1430. The first-order valence-electron chi connectivity index (χ1n) is 11.5. The summed E-state index contributed by atoms with van der Waals surface area (Å²) in [6, 6.07) is 4.93. The summed E-state index contributed by atoms with van der Waals surface area (Å²) in [4.78, 5) is 25.5. The second kappa shape index (κ2) is 10.00. The van der Waals surface area contributed by atoms with Crippen LogP contribution < -0.4 is 11.1 Å². The number of H-pyrrole nitrogens is 1. The quantitative estimate of drug-likeness (QED) is 0.348. The second-order valence-corrected chi connectivity index (χ2v) is 8.92. The van der Waals surface area contributed by atoms with Gasteiger partial charge in [-0.25, -0.2) is 9.97 Å². The van der Waals surface area contributed by atoms with E-state index in [0.717, 1.165) is 25.8 Å². The third-order valence-electron chi connectivity index (χ3n) is 6.19. The molecule has 1 aliphatic heterocycles. The minimum Gasteiger partial charge on any atom is -0.337 e. The standard InChI is InChI=1S/C23H23ClF3N9O/c24-17-11-14(1-2-15(17)22(37)35-9-7-34(5-3-28)8-10-35)32-20-21-30-13-18(36(21)6-4-29-20)16-12-31-33-19(16)23(25,26)27/h1-2,4,6,11-13H,3,5,7-10,28H2,(H,29,32)(H,31,33). The first kappa shape index (κ1) is 25.0. The van der Waals surface area contributed by atoms with Crippen LogP contribution in [0.4, 0.5) is 24.7 Å².